The van der Waals surface area contributed by atoms with Crippen molar-refractivity contribution < 1.29 is 4.74 Å². The maximum Gasteiger partial charge on any atom is 0.232 e. The molecule has 2 aromatic rings. The van der Waals surface area contributed by atoms with E-state index in [9.17, 15) is 5.26 Å². The molecule has 0 bridgehead atoms. The van der Waals surface area contributed by atoms with Crippen LogP contribution < -0.4 is 10.1 Å². The minimum atomic E-state index is -0.123. The van der Waals surface area contributed by atoms with Gasteiger partial charge in [-0.3, -0.25) is 0 Å². The fourth-order valence-electron chi connectivity index (χ4n) is 2.46. The molecule has 0 saturated heterocycles. The second-order valence-corrected chi connectivity index (χ2v) is 5.83. The highest BCUT2D eigenvalue weighted by atomic mass is 16.5. The molecule has 0 aliphatic heterocycles. The molecular formula is C20H25N3O. The SMILES string of the molecule is CCCCNCC[C@@H](Oc1nc(C)ccc1C#N)c1ccccc1. The second kappa shape index (κ2) is 9.69. The standard InChI is InChI=1S/C20H25N3O/c1-3-4-13-22-14-12-19(17-8-6-5-7-9-17)24-20-18(15-21)11-10-16(2)23-20/h5-11,19,22H,3-4,12-14H2,1-2H3/t19-/m1/s1. The molecule has 4 nitrogen and oxygen atoms in total. The van der Waals surface area contributed by atoms with E-state index in [-0.39, 0.29) is 6.10 Å². The van der Waals surface area contributed by atoms with E-state index >= 15 is 0 Å². The Kier molecular flexibility index (Phi) is 7.25. The molecule has 0 radical (unpaired) electrons. The van der Waals surface area contributed by atoms with Gasteiger partial charge in [-0.1, -0.05) is 43.7 Å². The lowest BCUT2D eigenvalue weighted by atomic mass is 10.1. The topological polar surface area (TPSA) is 57.9 Å². The van der Waals surface area contributed by atoms with Gasteiger partial charge >= 0.3 is 0 Å². The normalized spacial score (nSPS) is 11.7. The van der Waals surface area contributed by atoms with Crippen LogP contribution in [0.25, 0.3) is 0 Å². The maximum absolute atomic E-state index is 9.28. The van der Waals surface area contributed by atoms with E-state index in [1.165, 1.54) is 12.8 Å². The van der Waals surface area contributed by atoms with Crippen LogP contribution in [0.15, 0.2) is 42.5 Å². The highest BCUT2D eigenvalue weighted by Gasteiger charge is 2.16. The predicted octanol–water partition coefficient (Wildman–Crippen LogP) is 4.16. The summed E-state index contributed by atoms with van der Waals surface area (Å²) in [6.07, 6.45) is 3.06. The summed E-state index contributed by atoms with van der Waals surface area (Å²) >= 11 is 0. The zero-order chi connectivity index (χ0) is 17.2. The van der Waals surface area contributed by atoms with E-state index in [0.717, 1.165) is 30.8 Å². The number of rotatable bonds is 9. The summed E-state index contributed by atoms with van der Waals surface area (Å²) in [5, 5.41) is 12.7. The molecule has 126 valence electrons. The molecule has 1 heterocycles. The van der Waals surface area contributed by atoms with Crippen LogP contribution >= 0.6 is 0 Å². The summed E-state index contributed by atoms with van der Waals surface area (Å²) in [6, 6.07) is 15.9. The molecule has 0 aliphatic carbocycles. The number of aromatic nitrogens is 1. The van der Waals surface area contributed by atoms with Gasteiger partial charge in [-0.2, -0.15) is 5.26 Å². The third kappa shape index (κ3) is 5.36. The highest BCUT2D eigenvalue weighted by molar-refractivity contribution is 5.39. The smallest absolute Gasteiger partial charge is 0.232 e. The van der Waals surface area contributed by atoms with E-state index < -0.39 is 0 Å². The van der Waals surface area contributed by atoms with Crippen LogP contribution in [-0.2, 0) is 0 Å². The van der Waals surface area contributed by atoms with Gasteiger partial charge in [0.25, 0.3) is 0 Å². The van der Waals surface area contributed by atoms with Gasteiger partial charge < -0.3 is 10.1 Å². The summed E-state index contributed by atoms with van der Waals surface area (Å²) in [6.45, 7) is 5.97. The molecular weight excluding hydrogens is 298 g/mol. The number of nitrogens with one attached hydrogen (secondary N) is 1. The van der Waals surface area contributed by atoms with Crippen LogP contribution in [0.2, 0.25) is 0 Å². The Morgan fingerprint density at radius 2 is 1.96 bits per heavy atom. The first kappa shape index (κ1) is 18.0. The Morgan fingerprint density at radius 1 is 1.17 bits per heavy atom. The molecule has 1 aromatic carbocycles. The van der Waals surface area contributed by atoms with Crippen molar-refractivity contribution in [2.24, 2.45) is 0 Å². The minimum absolute atomic E-state index is 0.123. The van der Waals surface area contributed by atoms with E-state index in [2.05, 4.69) is 35.4 Å². The number of ether oxygens (including phenoxy) is 1. The number of aryl methyl sites for hydroxylation is 1. The molecule has 1 aromatic heterocycles. The molecule has 1 N–H and O–H groups in total. The first-order valence-corrected chi connectivity index (χ1v) is 8.54. The van der Waals surface area contributed by atoms with Crippen molar-refractivity contribution in [2.45, 2.75) is 39.2 Å². The van der Waals surface area contributed by atoms with Gasteiger partial charge in [0.05, 0.1) is 0 Å². The molecule has 0 fully saturated rings. The number of nitrogens with zero attached hydrogens (tertiary/aromatic N) is 2. The van der Waals surface area contributed by atoms with Crippen molar-refractivity contribution in [3.8, 4) is 11.9 Å². The predicted molar refractivity (Wildman–Crippen MR) is 95.9 cm³/mol. The van der Waals surface area contributed by atoms with E-state index in [0.29, 0.717) is 11.4 Å². The average Bonchev–Trinajstić information content (AvgIpc) is 2.61. The van der Waals surface area contributed by atoms with Crippen molar-refractivity contribution in [1.82, 2.24) is 10.3 Å². The van der Waals surface area contributed by atoms with E-state index in [4.69, 9.17) is 4.74 Å². The molecule has 1 atom stereocenters. The number of hydrogen-bond donors (Lipinski definition) is 1. The summed E-state index contributed by atoms with van der Waals surface area (Å²) in [5.41, 5.74) is 2.42. The third-order valence-corrected chi connectivity index (χ3v) is 3.84. The Balaban J connectivity index is 2.11. The Labute approximate surface area is 144 Å². The molecule has 24 heavy (non-hydrogen) atoms. The summed E-state index contributed by atoms with van der Waals surface area (Å²) in [4.78, 5) is 4.40. The number of benzene rings is 1. The quantitative estimate of drug-likeness (QED) is 0.704. The Bertz CT molecular complexity index is 664. The zero-order valence-corrected chi connectivity index (χ0v) is 14.5. The molecule has 2 rings (SSSR count). The first-order valence-electron chi connectivity index (χ1n) is 8.54. The minimum Gasteiger partial charge on any atom is -0.468 e. The van der Waals surface area contributed by atoms with Gasteiger partial charge in [-0.15, -0.1) is 0 Å². The molecule has 0 unspecified atom stereocenters. The average molecular weight is 323 g/mol. The second-order valence-electron chi connectivity index (χ2n) is 5.83. The van der Waals surface area contributed by atoms with E-state index in [1.54, 1.807) is 6.07 Å². The fraction of sp³-hybridized carbons (Fsp3) is 0.400. The lowest BCUT2D eigenvalue weighted by molar-refractivity contribution is 0.185. The number of unbranched alkanes of at least 4 members (excludes halogenated alkanes) is 1. The van der Waals surface area contributed by atoms with Gasteiger partial charge in [0.1, 0.15) is 17.7 Å². The maximum atomic E-state index is 9.28. The van der Waals surface area contributed by atoms with E-state index in [1.807, 2.05) is 31.2 Å². The van der Waals surface area contributed by atoms with Gasteiger partial charge in [-0.25, -0.2) is 4.98 Å². The first-order chi connectivity index (χ1) is 11.7. The van der Waals surface area contributed by atoms with Gasteiger partial charge in [-0.05, 0) is 44.1 Å². The lowest BCUT2D eigenvalue weighted by Crippen LogP contribution is -2.21. The van der Waals surface area contributed by atoms with Crippen LogP contribution in [-0.4, -0.2) is 18.1 Å². The van der Waals surface area contributed by atoms with Crippen LogP contribution in [0.5, 0.6) is 5.88 Å². The van der Waals surface area contributed by atoms with Crippen molar-refractivity contribution in [2.75, 3.05) is 13.1 Å². The summed E-state index contributed by atoms with van der Waals surface area (Å²) < 4.78 is 6.14. The number of pyridine rings is 1. The van der Waals surface area contributed by atoms with Crippen LogP contribution in [0.1, 0.15) is 49.1 Å². The van der Waals surface area contributed by atoms with Crippen molar-refractivity contribution in [1.29, 1.82) is 5.26 Å². The number of hydrogen-bond acceptors (Lipinski definition) is 4. The Morgan fingerprint density at radius 3 is 2.67 bits per heavy atom. The van der Waals surface area contributed by atoms with Crippen LogP contribution in [0.3, 0.4) is 0 Å². The Hall–Kier alpha value is -2.38. The summed E-state index contributed by atoms with van der Waals surface area (Å²) in [7, 11) is 0. The monoisotopic (exact) mass is 323 g/mol. The lowest BCUT2D eigenvalue weighted by Gasteiger charge is -2.20. The van der Waals surface area contributed by atoms with Gasteiger partial charge in [0, 0.05) is 12.1 Å². The molecule has 0 aliphatic rings. The molecule has 0 amide bonds. The molecule has 4 heteroatoms. The number of nitriles is 1. The fourth-order valence-corrected chi connectivity index (χ4v) is 2.46. The highest BCUT2D eigenvalue weighted by Crippen LogP contribution is 2.26. The third-order valence-electron chi connectivity index (χ3n) is 3.84. The van der Waals surface area contributed by atoms with Crippen molar-refractivity contribution in [3.63, 3.8) is 0 Å². The van der Waals surface area contributed by atoms with Crippen molar-refractivity contribution in [3.05, 3.63) is 59.3 Å². The largest absolute Gasteiger partial charge is 0.468 e. The molecule has 0 spiro atoms. The van der Waals surface area contributed by atoms with Gasteiger partial charge in [0.15, 0.2) is 0 Å². The zero-order valence-electron chi connectivity index (χ0n) is 14.5. The van der Waals surface area contributed by atoms with Crippen molar-refractivity contribution >= 4 is 0 Å². The summed E-state index contributed by atoms with van der Waals surface area (Å²) in [5.74, 6) is 0.417. The van der Waals surface area contributed by atoms with Crippen LogP contribution in [0, 0.1) is 18.3 Å². The molecule has 0 saturated carbocycles. The van der Waals surface area contributed by atoms with Gasteiger partial charge in [0.2, 0.25) is 5.88 Å². The van der Waals surface area contributed by atoms with Crippen LogP contribution in [0.4, 0.5) is 0 Å².